The molecule has 2 aliphatic rings. The fourth-order valence-electron chi connectivity index (χ4n) is 3.45. The average molecular weight is 257 g/mol. The third-order valence-corrected chi connectivity index (χ3v) is 4.34. The maximum Gasteiger partial charge on any atom is 0.124 e. The largest absolute Gasteiger partial charge is 0.493 e. The van der Waals surface area contributed by atoms with E-state index in [0.29, 0.717) is 6.04 Å². The minimum atomic E-state index is 0.530. The van der Waals surface area contributed by atoms with E-state index in [1.54, 1.807) is 5.57 Å². The van der Waals surface area contributed by atoms with Gasteiger partial charge in [0.2, 0.25) is 0 Å². The van der Waals surface area contributed by atoms with Crippen LogP contribution in [-0.2, 0) is 0 Å². The number of rotatable bonds is 1. The number of para-hydroxylation sites is 1. The lowest BCUT2D eigenvalue weighted by Crippen LogP contribution is -2.40. The van der Waals surface area contributed by atoms with Gasteiger partial charge in [-0.2, -0.15) is 0 Å². The zero-order chi connectivity index (χ0) is 13.2. The molecule has 2 aliphatic heterocycles. The number of benzene rings is 1. The number of fused-ring (bicyclic) bond motifs is 1. The molecular weight excluding hydrogens is 234 g/mol. The molecule has 2 atom stereocenters. The second-order valence-corrected chi connectivity index (χ2v) is 5.88. The van der Waals surface area contributed by atoms with Gasteiger partial charge in [-0.3, -0.25) is 4.90 Å². The Morgan fingerprint density at radius 1 is 1.32 bits per heavy atom. The van der Waals surface area contributed by atoms with E-state index >= 15 is 0 Å². The zero-order valence-corrected chi connectivity index (χ0v) is 11.9. The Morgan fingerprint density at radius 2 is 2.16 bits per heavy atom. The van der Waals surface area contributed by atoms with E-state index in [1.165, 1.54) is 18.5 Å². The maximum atomic E-state index is 5.78. The third kappa shape index (κ3) is 2.55. The first-order chi connectivity index (χ1) is 9.28. The highest BCUT2D eigenvalue weighted by Gasteiger charge is 2.30. The van der Waals surface area contributed by atoms with E-state index in [-0.39, 0.29) is 0 Å². The van der Waals surface area contributed by atoms with Crippen molar-refractivity contribution in [3.05, 3.63) is 41.5 Å². The average Bonchev–Trinajstić information content (AvgIpc) is 2.46. The molecule has 0 aromatic heterocycles. The number of hydrogen-bond acceptors (Lipinski definition) is 2. The molecule has 2 heteroatoms. The van der Waals surface area contributed by atoms with Crippen LogP contribution >= 0.6 is 0 Å². The Hall–Kier alpha value is -1.28. The molecule has 0 amide bonds. The number of nitrogens with zero attached hydrogens (tertiary/aromatic N) is 1. The summed E-state index contributed by atoms with van der Waals surface area (Å²) in [7, 11) is 0. The van der Waals surface area contributed by atoms with E-state index < -0.39 is 0 Å². The highest BCUT2D eigenvalue weighted by atomic mass is 16.5. The molecule has 0 aliphatic carbocycles. The van der Waals surface area contributed by atoms with Gasteiger partial charge in [0.15, 0.2) is 0 Å². The second-order valence-electron chi connectivity index (χ2n) is 5.88. The Bertz CT molecular complexity index is 480. The molecule has 2 nitrogen and oxygen atoms in total. The molecule has 0 bridgehead atoms. The molecule has 0 N–H and O–H groups in total. The van der Waals surface area contributed by atoms with Crippen molar-refractivity contribution in [2.75, 3.05) is 19.7 Å². The van der Waals surface area contributed by atoms with Gasteiger partial charge in [-0.25, -0.2) is 0 Å². The summed E-state index contributed by atoms with van der Waals surface area (Å²) < 4.78 is 5.78. The van der Waals surface area contributed by atoms with Gasteiger partial charge in [-0.1, -0.05) is 36.8 Å². The standard InChI is InChI=1S/C17H23NO/c1-3-14-10-13(2)11-18(12-14)16-8-9-19-17-7-5-4-6-15(16)17/h3-7,13,16H,8-12H2,1-2H3/b14-3+. The lowest BCUT2D eigenvalue weighted by molar-refractivity contribution is 0.117. The molecule has 3 rings (SSSR count). The minimum Gasteiger partial charge on any atom is -0.493 e. The van der Waals surface area contributed by atoms with Crippen LogP contribution in [0.2, 0.25) is 0 Å². The predicted molar refractivity (Wildman–Crippen MR) is 78.4 cm³/mol. The maximum absolute atomic E-state index is 5.78. The van der Waals surface area contributed by atoms with Crippen molar-refractivity contribution < 1.29 is 4.74 Å². The van der Waals surface area contributed by atoms with Crippen LogP contribution in [-0.4, -0.2) is 24.6 Å². The van der Waals surface area contributed by atoms with Crippen molar-refractivity contribution in [1.29, 1.82) is 0 Å². The van der Waals surface area contributed by atoms with Crippen molar-refractivity contribution >= 4 is 0 Å². The molecule has 1 aromatic rings. The molecular formula is C17H23NO. The second kappa shape index (κ2) is 5.38. The molecule has 0 saturated carbocycles. The Morgan fingerprint density at radius 3 is 3.00 bits per heavy atom. The van der Waals surface area contributed by atoms with Crippen molar-refractivity contribution in [2.45, 2.75) is 32.7 Å². The van der Waals surface area contributed by atoms with E-state index in [4.69, 9.17) is 4.74 Å². The quantitative estimate of drug-likeness (QED) is 0.710. The summed E-state index contributed by atoms with van der Waals surface area (Å²) in [6.45, 7) is 7.71. The number of likely N-dealkylation sites (tertiary alicyclic amines) is 1. The fraction of sp³-hybridized carbons (Fsp3) is 0.529. The molecule has 2 unspecified atom stereocenters. The van der Waals surface area contributed by atoms with E-state index in [1.807, 2.05) is 0 Å². The topological polar surface area (TPSA) is 12.5 Å². The number of allylic oxidation sites excluding steroid dienone is 1. The number of piperidine rings is 1. The van der Waals surface area contributed by atoms with Gasteiger partial charge in [0.25, 0.3) is 0 Å². The summed E-state index contributed by atoms with van der Waals surface area (Å²) in [5.41, 5.74) is 2.96. The normalized spacial score (nSPS) is 29.9. The summed E-state index contributed by atoms with van der Waals surface area (Å²) in [6.07, 6.45) is 4.67. The van der Waals surface area contributed by atoms with Crippen LogP contribution in [0.1, 0.15) is 38.3 Å². The molecule has 1 saturated heterocycles. The monoisotopic (exact) mass is 257 g/mol. The van der Waals surface area contributed by atoms with Crippen molar-refractivity contribution in [3.8, 4) is 5.75 Å². The first-order valence-electron chi connectivity index (χ1n) is 7.37. The Balaban J connectivity index is 1.87. The predicted octanol–water partition coefficient (Wildman–Crippen LogP) is 3.80. The smallest absolute Gasteiger partial charge is 0.124 e. The molecule has 0 radical (unpaired) electrons. The van der Waals surface area contributed by atoms with E-state index in [2.05, 4.69) is 49.1 Å². The SMILES string of the molecule is C/C=C1\CC(C)CN(C2CCOc3ccccc32)C1. The van der Waals surface area contributed by atoms with Gasteiger partial charge < -0.3 is 4.74 Å². The van der Waals surface area contributed by atoms with Crippen LogP contribution in [0.25, 0.3) is 0 Å². The van der Waals surface area contributed by atoms with Crippen LogP contribution in [0.15, 0.2) is 35.9 Å². The third-order valence-electron chi connectivity index (χ3n) is 4.34. The van der Waals surface area contributed by atoms with Gasteiger partial charge in [0, 0.05) is 31.1 Å². The number of ether oxygens (including phenoxy) is 1. The molecule has 1 aromatic carbocycles. The van der Waals surface area contributed by atoms with Crippen molar-refractivity contribution in [1.82, 2.24) is 4.90 Å². The van der Waals surface area contributed by atoms with Crippen LogP contribution < -0.4 is 4.74 Å². The summed E-state index contributed by atoms with van der Waals surface area (Å²) in [5.74, 6) is 1.84. The molecule has 102 valence electrons. The summed E-state index contributed by atoms with van der Waals surface area (Å²) in [4.78, 5) is 2.64. The highest BCUT2D eigenvalue weighted by Crippen LogP contribution is 2.38. The highest BCUT2D eigenvalue weighted by molar-refractivity contribution is 5.37. The number of hydrogen-bond donors (Lipinski definition) is 0. The lowest BCUT2D eigenvalue weighted by atomic mass is 9.91. The lowest BCUT2D eigenvalue weighted by Gasteiger charge is -2.40. The van der Waals surface area contributed by atoms with Gasteiger partial charge in [0.05, 0.1) is 6.61 Å². The van der Waals surface area contributed by atoms with Gasteiger partial charge >= 0.3 is 0 Å². The summed E-state index contributed by atoms with van der Waals surface area (Å²) >= 11 is 0. The fourth-order valence-corrected chi connectivity index (χ4v) is 3.45. The molecule has 2 heterocycles. The zero-order valence-electron chi connectivity index (χ0n) is 11.9. The summed E-state index contributed by atoms with van der Waals surface area (Å²) in [6, 6.07) is 9.06. The molecule has 19 heavy (non-hydrogen) atoms. The van der Waals surface area contributed by atoms with E-state index in [0.717, 1.165) is 31.2 Å². The van der Waals surface area contributed by atoms with Crippen molar-refractivity contribution in [3.63, 3.8) is 0 Å². The van der Waals surface area contributed by atoms with Crippen molar-refractivity contribution in [2.24, 2.45) is 5.92 Å². The van der Waals surface area contributed by atoms with Gasteiger partial charge in [-0.05, 0) is 25.3 Å². The van der Waals surface area contributed by atoms with E-state index in [9.17, 15) is 0 Å². The Labute approximate surface area is 116 Å². The van der Waals surface area contributed by atoms with Gasteiger partial charge in [-0.15, -0.1) is 0 Å². The molecule has 0 spiro atoms. The van der Waals surface area contributed by atoms with Crippen LogP contribution in [0.3, 0.4) is 0 Å². The summed E-state index contributed by atoms with van der Waals surface area (Å²) in [5, 5.41) is 0. The van der Waals surface area contributed by atoms with Crippen LogP contribution in [0.5, 0.6) is 5.75 Å². The van der Waals surface area contributed by atoms with Crippen LogP contribution in [0, 0.1) is 5.92 Å². The first-order valence-corrected chi connectivity index (χ1v) is 7.37. The van der Waals surface area contributed by atoms with Crippen LogP contribution in [0.4, 0.5) is 0 Å². The Kier molecular flexibility index (Phi) is 3.61. The van der Waals surface area contributed by atoms with Gasteiger partial charge in [0.1, 0.15) is 5.75 Å². The first kappa shape index (κ1) is 12.7. The minimum absolute atomic E-state index is 0.530. The molecule has 1 fully saturated rings.